The van der Waals surface area contributed by atoms with Crippen molar-refractivity contribution in [1.29, 1.82) is 0 Å². The topological polar surface area (TPSA) is 55.1 Å². The van der Waals surface area contributed by atoms with Crippen molar-refractivity contribution < 1.29 is 9.18 Å². The third-order valence-corrected chi connectivity index (χ3v) is 4.35. The second kappa shape index (κ2) is 7.55. The lowest BCUT2D eigenvalue weighted by Gasteiger charge is -2.24. The standard InChI is InChI=1S/C17H25FN2O/c1-12-7-8-14(9-15(12)18)11-20-17(21)16(19)10-13-5-3-2-4-6-13/h7-9,13,16H,2-6,10-11,19H2,1H3,(H,20,21). The van der Waals surface area contributed by atoms with Gasteiger partial charge in [-0.2, -0.15) is 0 Å². The van der Waals surface area contributed by atoms with Gasteiger partial charge in [-0.05, 0) is 36.5 Å². The van der Waals surface area contributed by atoms with Crippen LogP contribution in [0.4, 0.5) is 4.39 Å². The zero-order chi connectivity index (χ0) is 15.2. The molecule has 21 heavy (non-hydrogen) atoms. The summed E-state index contributed by atoms with van der Waals surface area (Å²) in [6, 6.07) is 4.55. The van der Waals surface area contributed by atoms with Crippen molar-refractivity contribution in [2.45, 2.75) is 58.0 Å². The number of carbonyl (C=O) groups excluding carboxylic acids is 1. The number of hydrogen-bond donors (Lipinski definition) is 2. The minimum absolute atomic E-state index is 0.137. The van der Waals surface area contributed by atoms with E-state index >= 15 is 0 Å². The van der Waals surface area contributed by atoms with E-state index in [-0.39, 0.29) is 11.7 Å². The molecule has 116 valence electrons. The Labute approximate surface area is 126 Å². The van der Waals surface area contributed by atoms with Gasteiger partial charge in [0.25, 0.3) is 0 Å². The number of aryl methyl sites for hydroxylation is 1. The van der Waals surface area contributed by atoms with E-state index in [0.717, 1.165) is 12.0 Å². The van der Waals surface area contributed by atoms with Crippen molar-refractivity contribution >= 4 is 5.91 Å². The van der Waals surface area contributed by atoms with Crippen LogP contribution < -0.4 is 11.1 Å². The Morgan fingerprint density at radius 1 is 1.38 bits per heavy atom. The van der Waals surface area contributed by atoms with E-state index < -0.39 is 6.04 Å². The molecule has 0 heterocycles. The molecule has 0 aliphatic heterocycles. The van der Waals surface area contributed by atoms with Gasteiger partial charge in [-0.25, -0.2) is 4.39 Å². The molecule has 1 unspecified atom stereocenters. The van der Waals surface area contributed by atoms with E-state index in [4.69, 9.17) is 5.73 Å². The fraction of sp³-hybridized carbons (Fsp3) is 0.588. The molecular formula is C17H25FN2O. The summed E-state index contributed by atoms with van der Waals surface area (Å²) in [6.07, 6.45) is 6.93. The summed E-state index contributed by atoms with van der Waals surface area (Å²) >= 11 is 0. The monoisotopic (exact) mass is 292 g/mol. The number of hydrogen-bond acceptors (Lipinski definition) is 2. The molecule has 1 aromatic carbocycles. The van der Waals surface area contributed by atoms with Crippen molar-refractivity contribution in [2.24, 2.45) is 11.7 Å². The van der Waals surface area contributed by atoms with Crippen molar-refractivity contribution in [2.75, 3.05) is 0 Å². The Hall–Kier alpha value is -1.42. The van der Waals surface area contributed by atoms with Gasteiger partial charge in [0.1, 0.15) is 5.82 Å². The molecular weight excluding hydrogens is 267 g/mol. The lowest BCUT2D eigenvalue weighted by atomic mass is 9.85. The smallest absolute Gasteiger partial charge is 0.237 e. The van der Waals surface area contributed by atoms with Gasteiger partial charge in [-0.1, -0.05) is 44.2 Å². The molecule has 0 bridgehead atoms. The van der Waals surface area contributed by atoms with Crippen LogP contribution in [0.1, 0.15) is 49.7 Å². The Morgan fingerprint density at radius 2 is 2.10 bits per heavy atom. The molecule has 2 rings (SSSR count). The molecule has 0 aromatic heterocycles. The van der Waals surface area contributed by atoms with Crippen molar-refractivity contribution in [3.05, 3.63) is 35.1 Å². The van der Waals surface area contributed by atoms with Gasteiger partial charge in [0.15, 0.2) is 0 Å². The van der Waals surface area contributed by atoms with E-state index in [1.165, 1.54) is 38.2 Å². The van der Waals surface area contributed by atoms with Crippen LogP contribution in [0, 0.1) is 18.7 Å². The maximum Gasteiger partial charge on any atom is 0.237 e. The summed E-state index contributed by atoms with van der Waals surface area (Å²) in [5.41, 5.74) is 7.35. The highest BCUT2D eigenvalue weighted by molar-refractivity contribution is 5.81. The number of nitrogens with one attached hydrogen (secondary N) is 1. The number of nitrogens with two attached hydrogens (primary N) is 1. The Balaban J connectivity index is 1.78. The first-order chi connectivity index (χ1) is 10.1. The highest BCUT2D eigenvalue weighted by Gasteiger charge is 2.21. The third-order valence-electron chi connectivity index (χ3n) is 4.35. The van der Waals surface area contributed by atoms with E-state index in [2.05, 4.69) is 5.32 Å². The first-order valence-corrected chi connectivity index (χ1v) is 7.84. The summed E-state index contributed by atoms with van der Waals surface area (Å²) in [4.78, 5) is 12.0. The first kappa shape index (κ1) is 16.0. The van der Waals surface area contributed by atoms with Crippen LogP contribution in [0.3, 0.4) is 0 Å². The number of amides is 1. The van der Waals surface area contributed by atoms with Crippen LogP contribution in [0.5, 0.6) is 0 Å². The van der Waals surface area contributed by atoms with Crippen molar-refractivity contribution in [3.8, 4) is 0 Å². The van der Waals surface area contributed by atoms with Gasteiger partial charge in [0, 0.05) is 6.54 Å². The summed E-state index contributed by atoms with van der Waals surface area (Å²) in [7, 11) is 0. The SMILES string of the molecule is Cc1ccc(CNC(=O)C(N)CC2CCCCC2)cc1F. The third kappa shape index (κ3) is 4.81. The van der Waals surface area contributed by atoms with Gasteiger partial charge < -0.3 is 11.1 Å². The maximum atomic E-state index is 13.4. The Kier molecular flexibility index (Phi) is 5.74. The van der Waals surface area contributed by atoms with Gasteiger partial charge in [0.2, 0.25) is 5.91 Å². The van der Waals surface area contributed by atoms with E-state index in [0.29, 0.717) is 18.0 Å². The zero-order valence-electron chi connectivity index (χ0n) is 12.7. The van der Waals surface area contributed by atoms with Crippen LogP contribution in [-0.2, 0) is 11.3 Å². The molecule has 1 fully saturated rings. The minimum Gasteiger partial charge on any atom is -0.351 e. The molecule has 1 atom stereocenters. The van der Waals surface area contributed by atoms with E-state index in [1.54, 1.807) is 13.0 Å². The number of rotatable bonds is 5. The fourth-order valence-corrected chi connectivity index (χ4v) is 2.96. The molecule has 1 aliphatic rings. The largest absolute Gasteiger partial charge is 0.351 e. The van der Waals surface area contributed by atoms with Gasteiger partial charge >= 0.3 is 0 Å². The second-order valence-corrected chi connectivity index (χ2v) is 6.15. The zero-order valence-corrected chi connectivity index (χ0v) is 12.7. The Morgan fingerprint density at radius 3 is 2.76 bits per heavy atom. The second-order valence-electron chi connectivity index (χ2n) is 6.15. The van der Waals surface area contributed by atoms with Gasteiger partial charge in [0.05, 0.1) is 6.04 Å². The Bertz CT molecular complexity index is 484. The molecule has 1 amide bonds. The van der Waals surface area contributed by atoms with Gasteiger partial charge in [-0.3, -0.25) is 4.79 Å². The lowest BCUT2D eigenvalue weighted by molar-refractivity contribution is -0.123. The van der Waals surface area contributed by atoms with Crippen molar-refractivity contribution in [1.82, 2.24) is 5.32 Å². The maximum absolute atomic E-state index is 13.4. The average Bonchev–Trinajstić information content (AvgIpc) is 2.49. The number of halogens is 1. The van der Waals surface area contributed by atoms with Crippen LogP contribution in [-0.4, -0.2) is 11.9 Å². The summed E-state index contributed by atoms with van der Waals surface area (Å²) in [5.74, 6) is 0.200. The molecule has 3 nitrogen and oxygen atoms in total. The van der Waals surface area contributed by atoms with Gasteiger partial charge in [-0.15, -0.1) is 0 Å². The van der Waals surface area contributed by atoms with Crippen LogP contribution in [0.25, 0.3) is 0 Å². The van der Waals surface area contributed by atoms with Crippen LogP contribution in [0.15, 0.2) is 18.2 Å². The summed E-state index contributed by atoms with van der Waals surface area (Å²) < 4.78 is 13.4. The first-order valence-electron chi connectivity index (χ1n) is 7.84. The molecule has 1 aliphatic carbocycles. The van der Waals surface area contributed by atoms with Crippen molar-refractivity contribution in [3.63, 3.8) is 0 Å². The highest BCUT2D eigenvalue weighted by Crippen LogP contribution is 2.26. The number of carbonyl (C=O) groups is 1. The molecule has 0 spiro atoms. The molecule has 3 N–H and O–H groups in total. The molecule has 1 aromatic rings. The predicted molar refractivity (Wildman–Crippen MR) is 82.2 cm³/mol. The summed E-state index contributed by atoms with van der Waals surface area (Å²) in [5, 5.41) is 2.80. The molecule has 0 saturated heterocycles. The van der Waals surface area contributed by atoms with Crippen LogP contribution in [0.2, 0.25) is 0 Å². The number of benzene rings is 1. The molecule has 1 saturated carbocycles. The van der Waals surface area contributed by atoms with Crippen LogP contribution >= 0.6 is 0 Å². The minimum atomic E-state index is -0.455. The van der Waals surface area contributed by atoms with E-state index in [1.807, 2.05) is 6.07 Å². The molecule has 4 heteroatoms. The lowest BCUT2D eigenvalue weighted by Crippen LogP contribution is -2.41. The highest BCUT2D eigenvalue weighted by atomic mass is 19.1. The predicted octanol–water partition coefficient (Wildman–Crippen LogP) is 3.05. The molecule has 0 radical (unpaired) electrons. The van der Waals surface area contributed by atoms with E-state index in [9.17, 15) is 9.18 Å². The average molecular weight is 292 g/mol. The summed E-state index contributed by atoms with van der Waals surface area (Å²) in [6.45, 7) is 2.05. The normalized spacial score (nSPS) is 17.5. The fourth-order valence-electron chi connectivity index (χ4n) is 2.96. The quantitative estimate of drug-likeness (QED) is 0.876.